The van der Waals surface area contributed by atoms with Gasteiger partial charge in [0.2, 0.25) is 20.0 Å². The second-order valence-electron chi connectivity index (χ2n) is 5.78. The third-order valence-corrected chi connectivity index (χ3v) is 7.35. The highest BCUT2D eigenvalue weighted by atomic mass is 32.2. The highest BCUT2D eigenvalue weighted by molar-refractivity contribution is 7.89. The second kappa shape index (κ2) is 5.89. The van der Waals surface area contributed by atoms with Crippen LogP contribution in [-0.2, 0) is 20.0 Å². The molecule has 0 saturated carbocycles. The number of nitrogens with two attached hydrogens (primary N) is 1. The Kier molecular flexibility index (Phi) is 4.65. The summed E-state index contributed by atoms with van der Waals surface area (Å²) >= 11 is 0. The Bertz CT molecular complexity index is 744. The molecule has 1 heterocycles. The smallest absolute Gasteiger partial charge is 0.243 e. The van der Waals surface area contributed by atoms with Crippen LogP contribution < -0.4 is 10.5 Å². The summed E-state index contributed by atoms with van der Waals surface area (Å²) in [6.45, 7) is 3.19. The van der Waals surface area contributed by atoms with Gasteiger partial charge < -0.3 is 5.73 Å². The molecule has 1 atom stereocenters. The van der Waals surface area contributed by atoms with Crippen molar-refractivity contribution in [3.8, 4) is 0 Å². The minimum absolute atomic E-state index is 0.0298. The Labute approximate surface area is 131 Å². The number of nitrogens with zero attached hydrogens (tertiary/aromatic N) is 1. The lowest BCUT2D eigenvalue weighted by molar-refractivity contribution is 0.349. The molecule has 0 aromatic heterocycles. The van der Waals surface area contributed by atoms with Crippen molar-refractivity contribution in [2.75, 3.05) is 26.7 Å². The van der Waals surface area contributed by atoms with Crippen LogP contribution in [0.2, 0.25) is 0 Å². The van der Waals surface area contributed by atoms with E-state index >= 15 is 0 Å². The molecule has 22 heavy (non-hydrogen) atoms. The monoisotopic (exact) mass is 347 g/mol. The van der Waals surface area contributed by atoms with Crippen molar-refractivity contribution in [1.29, 1.82) is 0 Å². The molecule has 124 valence electrons. The topological polar surface area (TPSA) is 110 Å². The van der Waals surface area contributed by atoms with Gasteiger partial charge in [-0.05, 0) is 49.7 Å². The predicted octanol–water partition coefficient (Wildman–Crippen LogP) is -0.0459. The highest BCUT2D eigenvalue weighted by Gasteiger charge is 2.39. The summed E-state index contributed by atoms with van der Waals surface area (Å²) < 4.78 is 52.1. The normalized spacial score (nSPS) is 23.8. The van der Waals surface area contributed by atoms with E-state index < -0.39 is 20.0 Å². The van der Waals surface area contributed by atoms with Crippen molar-refractivity contribution in [1.82, 2.24) is 9.03 Å². The zero-order valence-corrected chi connectivity index (χ0v) is 14.2. The molecule has 7 nitrogen and oxygen atoms in total. The highest BCUT2D eigenvalue weighted by Crippen LogP contribution is 2.32. The van der Waals surface area contributed by atoms with Crippen LogP contribution in [0.3, 0.4) is 0 Å². The lowest BCUT2D eigenvalue weighted by atomic mass is 9.90. The molecule has 1 aromatic rings. The van der Waals surface area contributed by atoms with Gasteiger partial charge in [0.15, 0.2) is 0 Å². The van der Waals surface area contributed by atoms with Gasteiger partial charge in [-0.2, -0.15) is 4.31 Å². The van der Waals surface area contributed by atoms with E-state index in [0.29, 0.717) is 19.6 Å². The van der Waals surface area contributed by atoms with Gasteiger partial charge in [0.25, 0.3) is 0 Å². The van der Waals surface area contributed by atoms with E-state index in [1.165, 1.54) is 35.6 Å². The summed E-state index contributed by atoms with van der Waals surface area (Å²) in [7, 11) is -5.90. The molecule has 0 bridgehead atoms. The van der Waals surface area contributed by atoms with Crippen LogP contribution in [0, 0.1) is 5.41 Å². The van der Waals surface area contributed by atoms with Gasteiger partial charge in [-0.1, -0.05) is 6.92 Å². The largest absolute Gasteiger partial charge is 0.330 e. The van der Waals surface area contributed by atoms with Crippen molar-refractivity contribution >= 4 is 20.0 Å². The first-order valence-corrected chi connectivity index (χ1v) is 9.81. The zero-order chi connectivity index (χ0) is 16.6. The quantitative estimate of drug-likeness (QED) is 0.776. The fourth-order valence-electron chi connectivity index (χ4n) is 2.41. The van der Waals surface area contributed by atoms with E-state index in [9.17, 15) is 16.8 Å². The summed E-state index contributed by atoms with van der Waals surface area (Å²) in [6, 6.07) is 5.21. The van der Waals surface area contributed by atoms with Gasteiger partial charge >= 0.3 is 0 Å². The van der Waals surface area contributed by atoms with Crippen molar-refractivity contribution in [3.63, 3.8) is 0 Å². The second-order valence-corrected chi connectivity index (χ2v) is 9.61. The van der Waals surface area contributed by atoms with E-state index in [2.05, 4.69) is 4.72 Å². The maximum Gasteiger partial charge on any atom is 0.243 e. The number of hydrogen-bond acceptors (Lipinski definition) is 5. The predicted molar refractivity (Wildman–Crippen MR) is 83.2 cm³/mol. The maximum absolute atomic E-state index is 12.6. The van der Waals surface area contributed by atoms with Crippen LogP contribution in [0.1, 0.15) is 13.3 Å². The van der Waals surface area contributed by atoms with Crippen molar-refractivity contribution in [2.45, 2.75) is 23.1 Å². The number of sulfonamides is 2. The summed E-state index contributed by atoms with van der Waals surface area (Å²) in [6.07, 6.45) is 0.717. The van der Waals surface area contributed by atoms with Crippen LogP contribution in [-0.4, -0.2) is 47.8 Å². The van der Waals surface area contributed by atoms with E-state index in [1.807, 2.05) is 6.92 Å². The summed E-state index contributed by atoms with van der Waals surface area (Å²) in [5.74, 6) is 0. The number of hydrogen-bond donors (Lipinski definition) is 2. The fourth-order valence-corrected chi connectivity index (χ4v) is 4.73. The van der Waals surface area contributed by atoms with Crippen molar-refractivity contribution in [2.24, 2.45) is 11.1 Å². The van der Waals surface area contributed by atoms with Crippen molar-refractivity contribution < 1.29 is 16.8 Å². The van der Waals surface area contributed by atoms with Crippen LogP contribution in [0.15, 0.2) is 34.1 Å². The first-order chi connectivity index (χ1) is 10.1. The van der Waals surface area contributed by atoms with E-state index in [4.69, 9.17) is 5.73 Å². The Balaban J connectivity index is 2.28. The molecule has 3 N–H and O–H groups in total. The molecule has 1 fully saturated rings. The Morgan fingerprint density at radius 1 is 1.18 bits per heavy atom. The molecule has 1 saturated heterocycles. The molecule has 1 aliphatic heterocycles. The third kappa shape index (κ3) is 3.18. The van der Waals surface area contributed by atoms with Crippen LogP contribution in [0.4, 0.5) is 0 Å². The lowest BCUT2D eigenvalue weighted by Gasteiger charge is -2.22. The summed E-state index contributed by atoms with van der Waals surface area (Å²) in [5, 5.41) is 0. The van der Waals surface area contributed by atoms with Crippen LogP contribution >= 0.6 is 0 Å². The van der Waals surface area contributed by atoms with Gasteiger partial charge in [0.1, 0.15) is 0 Å². The molecule has 1 unspecified atom stereocenters. The Morgan fingerprint density at radius 3 is 2.18 bits per heavy atom. The van der Waals surface area contributed by atoms with E-state index in [1.54, 1.807) is 0 Å². The molecule has 0 amide bonds. The first-order valence-electron chi connectivity index (χ1n) is 6.88. The fraction of sp³-hybridized carbons (Fsp3) is 0.538. The molecule has 1 aromatic carbocycles. The van der Waals surface area contributed by atoms with Gasteiger partial charge in [0.05, 0.1) is 9.79 Å². The molecule has 1 aliphatic rings. The van der Waals surface area contributed by atoms with Gasteiger partial charge in [0, 0.05) is 13.1 Å². The molecular weight excluding hydrogens is 326 g/mol. The van der Waals surface area contributed by atoms with Crippen molar-refractivity contribution in [3.05, 3.63) is 24.3 Å². The summed E-state index contributed by atoms with van der Waals surface area (Å²) in [5.41, 5.74) is 5.49. The Morgan fingerprint density at radius 2 is 1.73 bits per heavy atom. The minimum atomic E-state index is -3.63. The molecule has 2 rings (SSSR count). The third-order valence-electron chi connectivity index (χ3n) is 4.06. The van der Waals surface area contributed by atoms with Gasteiger partial charge in [-0.15, -0.1) is 0 Å². The molecular formula is C13H21N3O4S2. The average Bonchev–Trinajstić information content (AvgIpc) is 2.91. The molecule has 9 heteroatoms. The minimum Gasteiger partial charge on any atom is -0.330 e. The molecule has 0 spiro atoms. The summed E-state index contributed by atoms with van der Waals surface area (Å²) in [4.78, 5) is 0.117. The maximum atomic E-state index is 12.6. The zero-order valence-electron chi connectivity index (χ0n) is 12.6. The molecule has 0 radical (unpaired) electrons. The van der Waals surface area contributed by atoms with Crippen LogP contribution in [0.5, 0.6) is 0 Å². The van der Waals surface area contributed by atoms with Gasteiger partial charge in [-0.25, -0.2) is 21.6 Å². The Hall–Kier alpha value is -1.00. The number of nitrogens with one attached hydrogen (secondary N) is 1. The van der Waals surface area contributed by atoms with E-state index in [0.717, 1.165) is 6.42 Å². The number of rotatable bonds is 5. The first kappa shape index (κ1) is 17.4. The van der Waals surface area contributed by atoms with Gasteiger partial charge in [-0.3, -0.25) is 0 Å². The molecule has 0 aliphatic carbocycles. The SMILES string of the molecule is CNS(=O)(=O)c1ccc(S(=O)(=O)N2CCC(C)(CN)C2)cc1. The van der Waals surface area contributed by atoms with E-state index in [-0.39, 0.29) is 15.2 Å². The lowest BCUT2D eigenvalue weighted by Crippen LogP contribution is -2.34. The average molecular weight is 347 g/mol. The standard InChI is InChI=1S/C13H21N3O4S2/c1-13(9-14)7-8-16(10-13)22(19,20)12-5-3-11(4-6-12)21(17,18)15-2/h3-6,15H,7-10,14H2,1-2H3. The van der Waals surface area contributed by atoms with Crippen LogP contribution in [0.25, 0.3) is 0 Å². The number of benzene rings is 1.